The van der Waals surface area contributed by atoms with Crippen molar-refractivity contribution in [1.82, 2.24) is 0 Å². The standard InChI is InChI=1S/C10H13.Y/c1-8-4-5-9(2)7-10(3)6-8;/h4,6-7,10H,1-3H3;/q-1;. The zero-order chi connectivity index (χ0) is 7.56. The van der Waals surface area contributed by atoms with Crippen molar-refractivity contribution >= 4 is 0 Å². The summed E-state index contributed by atoms with van der Waals surface area (Å²) in [5.74, 6) is 0.561. The fourth-order valence-corrected chi connectivity index (χ4v) is 1.18. The van der Waals surface area contributed by atoms with E-state index < -0.39 is 0 Å². The van der Waals surface area contributed by atoms with Crippen LogP contribution in [0.5, 0.6) is 0 Å². The van der Waals surface area contributed by atoms with Gasteiger partial charge in [-0.15, -0.1) is 6.08 Å². The van der Waals surface area contributed by atoms with Crippen LogP contribution in [0.3, 0.4) is 0 Å². The molecule has 0 aromatic heterocycles. The molecule has 0 bridgehead atoms. The van der Waals surface area contributed by atoms with Crippen molar-refractivity contribution in [3.8, 4) is 0 Å². The van der Waals surface area contributed by atoms with E-state index in [0.29, 0.717) is 5.92 Å². The summed E-state index contributed by atoms with van der Waals surface area (Å²) >= 11 is 0. The first-order valence-electron chi connectivity index (χ1n) is 3.65. The fourth-order valence-electron chi connectivity index (χ4n) is 1.18. The minimum atomic E-state index is 0. The monoisotopic (exact) mass is 222 g/mol. The third-order valence-electron chi connectivity index (χ3n) is 1.57. The molecule has 1 aliphatic rings. The van der Waals surface area contributed by atoms with Crippen molar-refractivity contribution < 1.29 is 32.7 Å². The van der Waals surface area contributed by atoms with Gasteiger partial charge in [0.2, 0.25) is 0 Å². The van der Waals surface area contributed by atoms with E-state index in [1.165, 1.54) is 11.1 Å². The zero-order valence-corrected chi connectivity index (χ0v) is 10.2. The molecule has 57 valence electrons. The van der Waals surface area contributed by atoms with Gasteiger partial charge in [-0.1, -0.05) is 26.7 Å². The summed E-state index contributed by atoms with van der Waals surface area (Å²) in [5, 5.41) is 0. The first-order valence-corrected chi connectivity index (χ1v) is 3.65. The van der Waals surface area contributed by atoms with Gasteiger partial charge in [-0.25, -0.2) is 0 Å². The maximum absolute atomic E-state index is 3.19. The van der Waals surface area contributed by atoms with Gasteiger partial charge in [0, 0.05) is 32.7 Å². The van der Waals surface area contributed by atoms with Crippen LogP contribution in [0.25, 0.3) is 0 Å². The molecule has 1 radical (unpaired) electrons. The molecule has 0 spiro atoms. The van der Waals surface area contributed by atoms with Gasteiger partial charge in [-0.05, 0) is 0 Å². The van der Waals surface area contributed by atoms with Gasteiger partial charge in [0.15, 0.2) is 0 Å². The Labute approximate surface area is 94.3 Å². The molecular weight excluding hydrogens is 209 g/mol. The Balaban J connectivity index is 0.000001000. The molecule has 0 N–H and O–H groups in total. The van der Waals surface area contributed by atoms with Crippen molar-refractivity contribution in [1.29, 1.82) is 0 Å². The minimum absolute atomic E-state index is 0. The molecule has 0 aromatic carbocycles. The smallest absolute Gasteiger partial charge is 0 e. The molecule has 0 nitrogen and oxygen atoms in total. The van der Waals surface area contributed by atoms with E-state index in [1.54, 1.807) is 0 Å². The van der Waals surface area contributed by atoms with Gasteiger partial charge in [0.05, 0.1) is 0 Å². The molecule has 0 saturated heterocycles. The van der Waals surface area contributed by atoms with Crippen molar-refractivity contribution in [3.63, 3.8) is 0 Å². The van der Waals surface area contributed by atoms with Gasteiger partial charge in [0.1, 0.15) is 0 Å². The molecule has 0 saturated carbocycles. The third-order valence-corrected chi connectivity index (χ3v) is 1.57. The van der Waals surface area contributed by atoms with Crippen LogP contribution >= 0.6 is 0 Å². The predicted molar refractivity (Wildman–Crippen MR) is 44.5 cm³/mol. The second kappa shape index (κ2) is 5.06. The molecule has 0 aliphatic heterocycles. The largest absolute Gasteiger partial charge is 0.181 e. The predicted octanol–water partition coefficient (Wildman–Crippen LogP) is 2.89. The van der Waals surface area contributed by atoms with Gasteiger partial charge in [-0.2, -0.15) is 29.4 Å². The first kappa shape index (κ1) is 11.3. The Morgan fingerprint density at radius 1 is 1.27 bits per heavy atom. The van der Waals surface area contributed by atoms with Crippen molar-refractivity contribution in [2.75, 3.05) is 0 Å². The van der Waals surface area contributed by atoms with Crippen LogP contribution in [0.2, 0.25) is 0 Å². The number of rotatable bonds is 0. The Morgan fingerprint density at radius 3 is 2.55 bits per heavy atom. The van der Waals surface area contributed by atoms with E-state index >= 15 is 0 Å². The van der Waals surface area contributed by atoms with Gasteiger partial charge in [0.25, 0.3) is 0 Å². The van der Waals surface area contributed by atoms with Crippen LogP contribution in [0.1, 0.15) is 20.8 Å². The SMILES string of the molecule is CC1=CC(C)C=C(C)C=[C-]1.[Y]. The average molecular weight is 222 g/mol. The van der Waals surface area contributed by atoms with Crippen LogP contribution in [0.15, 0.2) is 29.4 Å². The maximum Gasteiger partial charge on any atom is 0 e. The van der Waals surface area contributed by atoms with E-state index in [9.17, 15) is 0 Å². The summed E-state index contributed by atoms with van der Waals surface area (Å²) in [6.07, 6.45) is 9.68. The van der Waals surface area contributed by atoms with E-state index in [-0.39, 0.29) is 32.7 Å². The summed E-state index contributed by atoms with van der Waals surface area (Å²) < 4.78 is 0. The quantitative estimate of drug-likeness (QED) is 0.553. The van der Waals surface area contributed by atoms with E-state index in [4.69, 9.17) is 0 Å². The van der Waals surface area contributed by atoms with Crippen LogP contribution in [0, 0.1) is 12.0 Å². The average Bonchev–Trinajstić information content (AvgIpc) is 1.93. The molecule has 1 rings (SSSR count). The Hall–Kier alpha value is 0.324. The normalized spacial score (nSPS) is 23.0. The summed E-state index contributed by atoms with van der Waals surface area (Å²) in [4.78, 5) is 0. The Morgan fingerprint density at radius 2 is 1.91 bits per heavy atom. The summed E-state index contributed by atoms with van der Waals surface area (Å²) in [6, 6.07) is 0. The number of hydrogen-bond acceptors (Lipinski definition) is 0. The van der Waals surface area contributed by atoms with Crippen molar-refractivity contribution in [2.45, 2.75) is 20.8 Å². The molecule has 1 aliphatic carbocycles. The van der Waals surface area contributed by atoms with Crippen LogP contribution in [0.4, 0.5) is 0 Å². The maximum atomic E-state index is 3.19. The van der Waals surface area contributed by atoms with Gasteiger partial charge < -0.3 is 0 Å². The second-order valence-electron chi connectivity index (χ2n) is 2.91. The van der Waals surface area contributed by atoms with Crippen LogP contribution in [-0.4, -0.2) is 0 Å². The van der Waals surface area contributed by atoms with E-state index in [2.05, 4.69) is 39.0 Å². The summed E-state index contributed by atoms with van der Waals surface area (Å²) in [7, 11) is 0. The topological polar surface area (TPSA) is 0 Å². The van der Waals surface area contributed by atoms with Crippen LogP contribution < -0.4 is 0 Å². The molecule has 0 aromatic rings. The first-order chi connectivity index (χ1) is 4.68. The molecule has 1 unspecified atom stereocenters. The molecule has 0 heterocycles. The van der Waals surface area contributed by atoms with Crippen LogP contribution in [-0.2, 0) is 32.7 Å². The molecule has 11 heavy (non-hydrogen) atoms. The third kappa shape index (κ3) is 4.03. The van der Waals surface area contributed by atoms with E-state index in [1.807, 2.05) is 6.08 Å². The molecule has 1 heteroatoms. The minimum Gasteiger partial charge on any atom is -0.181 e. The second-order valence-corrected chi connectivity index (χ2v) is 2.91. The molecule has 0 fully saturated rings. The molecule has 0 amide bonds. The molecular formula is C10H13Y-. The Bertz CT molecular complexity index is 187. The number of hydrogen-bond donors (Lipinski definition) is 0. The summed E-state index contributed by atoms with van der Waals surface area (Å²) in [5.41, 5.74) is 2.54. The zero-order valence-electron chi connectivity index (χ0n) is 7.39. The van der Waals surface area contributed by atoms with Crippen molar-refractivity contribution in [3.05, 3.63) is 35.5 Å². The Kier molecular flexibility index (Phi) is 5.20. The van der Waals surface area contributed by atoms with Crippen molar-refractivity contribution in [2.24, 2.45) is 5.92 Å². The summed E-state index contributed by atoms with van der Waals surface area (Å²) in [6.45, 7) is 6.38. The van der Waals surface area contributed by atoms with Gasteiger partial charge >= 0.3 is 0 Å². The fraction of sp³-hybridized carbons (Fsp3) is 0.400. The van der Waals surface area contributed by atoms with E-state index in [0.717, 1.165) is 0 Å². The number of allylic oxidation sites excluding steroid dienone is 6. The van der Waals surface area contributed by atoms with Gasteiger partial charge in [-0.3, -0.25) is 0 Å². The molecule has 1 atom stereocenters.